The zero-order chi connectivity index (χ0) is 13.9. The van der Waals surface area contributed by atoms with Crippen molar-refractivity contribution >= 4 is 5.69 Å². The molecule has 1 aromatic carbocycles. The zero-order valence-electron chi connectivity index (χ0n) is 11.2. The average molecular weight is 260 g/mol. The van der Waals surface area contributed by atoms with Gasteiger partial charge in [0, 0.05) is 18.8 Å². The summed E-state index contributed by atoms with van der Waals surface area (Å²) < 4.78 is 38.5. The first kappa shape index (κ1) is 14.8. The van der Waals surface area contributed by atoms with E-state index in [2.05, 4.69) is 5.32 Å². The Hall–Kier alpha value is -1.23. The smallest absolute Gasteiger partial charge is 0.384 e. The van der Waals surface area contributed by atoms with Gasteiger partial charge in [-0.25, -0.2) is 0 Å². The molecule has 0 fully saturated rings. The third-order valence-electron chi connectivity index (χ3n) is 2.73. The SMILES string of the molecule is Cc1cc(NCCN(C)C)c(C)c(C(F)(F)F)c1. The first-order valence-electron chi connectivity index (χ1n) is 5.79. The summed E-state index contributed by atoms with van der Waals surface area (Å²) in [4.78, 5) is 1.98. The zero-order valence-corrected chi connectivity index (χ0v) is 11.2. The second kappa shape index (κ2) is 5.61. The summed E-state index contributed by atoms with van der Waals surface area (Å²) in [6, 6.07) is 2.94. The Kier molecular flexibility index (Phi) is 4.62. The normalized spacial score (nSPS) is 12.0. The molecular weight excluding hydrogens is 241 g/mol. The van der Waals surface area contributed by atoms with Crippen molar-refractivity contribution in [1.29, 1.82) is 0 Å². The van der Waals surface area contributed by atoms with Crippen molar-refractivity contribution in [2.24, 2.45) is 0 Å². The number of nitrogens with zero attached hydrogens (tertiary/aromatic N) is 1. The number of nitrogens with one attached hydrogen (secondary N) is 1. The van der Waals surface area contributed by atoms with Crippen LogP contribution in [0.2, 0.25) is 0 Å². The molecule has 0 saturated carbocycles. The quantitative estimate of drug-likeness (QED) is 0.893. The van der Waals surface area contributed by atoms with Gasteiger partial charge in [-0.1, -0.05) is 0 Å². The minimum absolute atomic E-state index is 0.256. The van der Waals surface area contributed by atoms with Crippen LogP contribution in [-0.4, -0.2) is 32.1 Å². The van der Waals surface area contributed by atoms with Crippen LogP contribution in [0, 0.1) is 13.8 Å². The lowest BCUT2D eigenvalue weighted by atomic mass is 10.0. The third-order valence-corrected chi connectivity index (χ3v) is 2.73. The molecule has 0 heterocycles. The fourth-order valence-corrected chi connectivity index (χ4v) is 1.75. The Morgan fingerprint density at radius 1 is 1.17 bits per heavy atom. The lowest BCUT2D eigenvalue weighted by Gasteiger charge is -2.18. The lowest BCUT2D eigenvalue weighted by molar-refractivity contribution is -0.138. The van der Waals surface area contributed by atoms with Crippen molar-refractivity contribution in [2.75, 3.05) is 32.5 Å². The van der Waals surface area contributed by atoms with Crippen LogP contribution >= 0.6 is 0 Å². The molecule has 0 amide bonds. The predicted octanol–water partition coefficient (Wildman–Crippen LogP) is 3.30. The van der Waals surface area contributed by atoms with Gasteiger partial charge in [-0.05, 0) is 51.2 Å². The molecule has 0 aromatic heterocycles. The maximum atomic E-state index is 12.8. The molecule has 1 aromatic rings. The molecule has 0 bridgehead atoms. The van der Waals surface area contributed by atoms with Gasteiger partial charge in [0.2, 0.25) is 0 Å². The van der Waals surface area contributed by atoms with Crippen molar-refractivity contribution in [3.05, 3.63) is 28.8 Å². The average Bonchev–Trinajstić information content (AvgIpc) is 2.20. The maximum Gasteiger partial charge on any atom is 0.416 e. The Morgan fingerprint density at radius 3 is 2.28 bits per heavy atom. The van der Waals surface area contributed by atoms with Crippen LogP contribution < -0.4 is 5.32 Å². The maximum absolute atomic E-state index is 12.8. The number of likely N-dealkylation sites (N-methyl/N-ethyl adjacent to an activating group) is 1. The minimum atomic E-state index is -4.30. The van der Waals surface area contributed by atoms with Crippen molar-refractivity contribution < 1.29 is 13.2 Å². The standard InChI is InChI=1S/C13H19F3N2/c1-9-7-11(13(14,15)16)10(2)12(8-9)17-5-6-18(3)4/h7-8,17H,5-6H2,1-4H3. The fourth-order valence-electron chi connectivity index (χ4n) is 1.75. The van der Waals surface area contributed by atoms with E-state index in [9.17, 15) is 13.2 Å². The summed E-state index contributed by atoms with van der Waals surface area (Å²) in [5, 5.41) is 3.06. The molecule has 2 nitrogen and oxygen atoms in total. The highest BCUT2D eigenvalue weighted by Gasteiger charge is 2.33. The highest BCUT2D eigenvalue weighted by atomic mass is 19.4. The van der Waals surface area contributed by atoms with E-state index >= 15 is 0 Å². The number of aryl methyl sites for hydroxylation is 1. The summed E-state index contributed by atoms with van der Waals surface area (Å²) in [7, 11) is 3.85. The summed E-state index contributed by atoms with van der Waals surface area (Å²) in [6.45, 7) is 4.56. The van der Waals surface area contributed by atoms with Gasteiger partial charge in [-0.2, -0.15) is 13.2 Å². The van der Waals surface area contributed by atoms with Crippen LogP contribution in [0.4, 0.5) is 18.9 Å². The topological polar surface area (TPSA) is 15.3 Å². The molecule has 0 aliphatic heterocycles. The van der Waals surface area contributed by atoms with Crippen LogP contribution in [0.1, 0.15) is 16.7 Å². The number of benzene rings is 1. The van der Waals surface area contributed by atoms with E-state index in [1.54, 1.807) is 13.0 Å². The monoisotopic (exact) mass is 260 g/mol. The second-order valence-corrected chi connectivity index (χ2v) is 4.71. The van der Waals surface area contributed by atoms with E-state index in [1.807, 2.05) is 19.0 Å². The molecule has 0 atom stereocenters. The molecule has 0 spiro atoms. The predicted molar refractivity (Wildman–Crippen MR) is 68.0 cm³/mol. The largest absolute Gasteiger partial charge is 0.416 e. The molecule has 1 N–H and O–H groups in total. The van der Waals surface area contributed by atoms with Gasteiger partial charge in [-0.3, -0.25) is 0 Å². The fraction of sp³-hybridized carbons (Fsp3) is 0.538. The van der Waals surface area contributed by atoms with Crippen molar-refractivity contribution in [3.63, 3.8) is 0 Å². The first-order valence-corrected chi connectivity index (χ1v) is 5.79. The van der Waals surface area contributed by atoms with Crippen LogP contribution in [0.3, 0.4) is 0 Å². The molecule has 0 saturated heterocycles. The van der Waals surface area contributed by atoms with Crippen LogP contribution in [0.15, 0.2) is 12.1 Å². The number of hydrogen-bond acceptors (Lipinski definition) is 2. The van der Waals surface area contributed by atoms with Gasteiger partial charge in [-0.15, -0.1) is 0 Å². The van der Waals surface area contributed by atoms with E-state index < -0.39 is 11.7 Å². The molecule has 0 radical (unpaired) electrons. The van der Waals surface area contributed by atoms with E-state index in [0.29, 0.717) is 17.8 Å². The van der Waals surface area contributed by atoms with E-state index in [0.717, 1.165) is 6.54 Å². The Bertz CT molecular complexity index is 411. The molecular formula is C13H19F3N2. The number of hydrogen-bond donors (Lipinski definition) is 1. The van der Waals surface area contributed by atoms with Crippen LogP contribution in [0.25, 0.3) is 0 Å². The molecule has 0 unspecified atom stereocenters. The van der Waals surface area contributed by atoms with Gasteiger partial charge >= 0.3 is 6.18 Å². The molecule has 0 aliphatic rings. The summed E-state index contributed by atoms with van der Waals surface area (Å²) in [5.41, 5.74) is 0.867. The molecule has 5 heteroatoms. The highest BCUT2D eigenvalue weighted by Crippen LogP contribution is 2.35. The number of anilines is 1. The van der Waals surface area contributed by atoms with Crippen molar-refractivity contribution in [3.8, 4) is 0 Å². The van der Waals surface area contributed by atoms with Gasteiger partial charge in [0.1, 0.15) is 0 Å². The molecule has 0 aliphatic carbocycles. The summed E-state index contributed by atoms with van der Waals surface area (Å²) in [5.74, 6) is 0. The number of alkyl halides is 3. The number of halogens is 3. The van der Waals surface area contributed by atoms with E-state index in [4.69, 9.17) is 0 Å². The third kappa shape index (κ3) is 3.91. The first-order chi connectivity index (χ1) is 8.21. The summed E-state index contributed by atoms with van der Waals surface area (Å²) >= 11 is 0. The summed E-state index contributed by atoms with van der Waals surface area (Å²) in [6.07, 6.45) is -4.30. The van der Waals surface area contributed by atoms with Gasteiger partial charge in [0.25, 0.3) is 0 Å². The van der Waals surface area contributed by atoms with Gasteiger partial charge in [0.15, 0.2) is 0 Å². The Balaban J connectivity index is 2.95. The van der Waals surface area contributed by atoms with E-state index in [-0.39, 0.29) is 5.56 Å². The lowest BCUT2D eigenvalue weighted by Crippen LogP contribution is -2.21. The Morgan fingerprint density at radius 2 is 1.78 bits per heavy atom. The van der Waals surface area contributed by atoms with Crippen LogP contribution in [-0.2, 0) is 6.18 Å². The van der Waals surface area contributed by atoms with Crippen molar-refractivity contribution in [2.45, 2.75) is 20.0 Å². The highest BCUT2D eigenvalue weighted by molar-refractivity contribution is 5.57. The minimum Gasteiger partial charge on any atom is -0.384 e. The molecule has 1 rings (SSSR count). The van der Waals surface area contributed by atoms with Gasteiger partial charge < -0.3 is 10.2 Å². The van der Waals surface area contributed by atoms with Crippen LogP contribution in [0.5, 0.6) is 0 Å². The van der Waals surface area contributed by atoms with E-state index in [1.165, 1.54) is 13.0 Å². The molecule has 102 valence electrons. The Labute approximate surface area is 106 Å². The molecule has 18 heavy (non-hydrogen) atoms. The van der Waals surface area contributed by atoms with Gasteiger partial charge in [0.05, 0.1) is 5.56 Å². The second-order valence-electron chi connectivity index (χ2n) is 4.71. The number of rotatable bonds is 4. The van der Waals surface area contributed by atoms with Crippen molar-refractivity contribution in [1.82, 2.24) is 4.90 Å².